The van der Waals surface area contributed by atoms with Crippen LogP contribution in [0.25, 0.3) is 0 Å². The average molecular weight is 330 g/mol. The first-order valence-electron chi connectivity index (χ1n) is 5.38. The molecule has 1 heterocycles. The van der Waals surface area contributed by atoms with Gasteiger partial charge in [-0.15, -0.1) is 0 Å². The van der Waals surface area contributed by atoms with E-state index in [1.54, 1.807) is 12.3 Å². The zero-order valence-corrected chi connectivity index (χ0v) is 11.7. The lowest BCUT2D eigenvalue weighted by molar-refractivity contribution is 0.621. The first-order chi connectivity index (χ1) is 8.58. The van der Waals surface area contributed by atoms with Crippen molar-refractivity contribution in [3.8, 4) is 0 Å². The van der Waals surface area contributed by atoms with Crippen LogP contribution in [0, 0.1) is 5.82 Å². The van der Waals surface area contributed by atoms with Crippen LogP contribution in [0.4, 0.5) is 4.39 Å². The summed E-state index contributed by atoms with van der Waals surface area (Å²) < 4.78 is 14.2. The maximum Gasteiger partial charge on any atom is 0.142 e. The molecule has 2 aromatic rings. The summed E-state index contributed by atoms with van der Waals surface area (Å²) in [5.74, 6) is -0.429. The molecule has 0 saturated carbocycles. The normalized spacial score (nSPS) is 12.4. The van der Waals surface area contributed by atoms with E-state index in [9.17, 15) is 4.39 Å². The van der Waals surface area contributed by atoms with Crippen molar-refractivity contribution in [2.75, 3.05) is 0 Å². The third-order valence-corrected chi connectivity index (χ3v) is 3.55. The zero-order valence-electron chi connectivity index (χ0n) is 9.41. The van der Waals surface area contributed by atoms with Gasteiger partial charge in [0.15, 0.2) is 0 Å². The van der Waals surface area contributed by atoms with Gasteiger partial charge in [0.2, 0.25) is 0 Å². The van der Waals surface area contributed by atoms with Gasteiger partial charge >= 0.3 is 0 Å². The molecular formula is C13H11BrClFN2. The predicted molar refractivity (Wildman–Crippen MR) is 74.0 cm³/mol. The number of benzene rings is 1. The summed E-state index contributed by atoms with van der Waals surface area (Å²) in [6.07, 6.45) is 2.19. The highest BCUT2D eigenvalue weighted by atomic mass is 79.9. The number of hydrogen-bond acceptors (Lipinski definition) is 2. The van der Waals surface area contributed by atoms with E-state index in [-0.39, 0.29) is 11.1 Å². The third kappa shape index (κ3) is 3.07. The van der Waals surface area contributed by atoms with Crippen molar-refractivity contribution in [3.63, 3.8) is 0 Å². The molecule has 0 saturated heterocycles. The van der Waals surface area contributed by atoms with Crippen LogP contribution in [0.15, 0.2) is 41.0 Å². The lowest BCUT2D eigenvalue weighted by atomic mass is 10.0. The van der Waals surface area contributed by atoms with Gasteiger partial charge in [0, 0.05) is 10.7 Å². The molecule has 1 aromatic heterocycles. The number of halogens is 3. The van der Waals surface area contributed by atoms with E-state index in [2.05, 4.69) is 20.9 Å². The summed E-state index contributed by atoms with van der Waals surface area (Å²) in [6.45, 7) is 0. The monoisotopic (exact) mass is 328 g/mol. The molecule has 0 aliphatic rings. The minimum atomic E-state index is -0.429. The fraction of sp³-hybridized carbons (Fsp3) is 0.154. The number of aromatic nitrogens is 1. The fourth-order valence-electron chi connectivity index (χ4n) is 1.69. The standard InChI is InChI=1S/C13H11BrClFN2/c14-9-2-1-5-18-13(9)12(17)7-8-3-4-10(15)11(16)6-8/h1-6,12H,7,17H2. The Morgan fingerprint density at radius 2 is 2.17 bits per heavy atom. The quantitative estimate of drug-likeness (QED) is 0.928. The minimum Gasteiger partial charge on any atom is -0.322 e. The lowest BCUT2D eigenvalue weighted by Gasteiger charge is -2.12. The first kappa shape index (κ1) is 13.5. The molecule has 0 bridgehead atoms. The molecule has 0 radical (unpaired) electrons. The fourth-order valence-corrected chi connectivity index (χ4v) is 2.35. The third-order valence-electron chi connectivity index (χ3n) is 2.58. The van der Waals surface area contributed by atoms with E-state index in [1.807, 2.05) is 12.1 Å². The average Bonchev–Trinajstić information content (AvgIpc) is 2.34. The Balaban J connectivity index is 2.19. The molecule has 1 aromatic carbocycles. The molecule has 1 atom stereocenters. The van der Waals surface area contributed by atoms with Crippen LogP contribution in [0.2, 0.25) is 5.02 Å². The van der Waals surface area contributed by atoms with Crippen LogP contribution in [0.3, 0.4) is 0 Å². The maximum absolute atomic E-state index is 13.3. The molecule has 2 nitrogen and oxygen atoms in total. The zero-order chi connectivity index (χ0) is 13.1. The van der Waals surface area contributed by atoms with Gasteiger partial charge < -0.3 is 5.73 Å². The maximum atomic E-state index is 13.3. The molecule has 1 unspecified atom stereocenters. The van der Waals surface area contributed by atoms with Gasteiger partial charge in [-0.1, -0.05) is 17.7 Å². The largest absolute Gasteiger partial charge is 0.322 e. The van der Waals surface area contributed by atoms with E-state index in [1.165, 1.54) is 12.1 Å². The molecule has 0 aliphatic carbocycles. The Hall–Kier alpha value is -0.970. The molecule has 0 amide bonds. The van der Waals surface area contributed by atoms with Crippen molar-refractivity contribution in [2.24, 2.45) is 5.73 Å². The summed E-state index contributed by atoms with van der Waals surface area (Å²) in [4.78, 5) is 4.22. The number of nitrogens with two attached hydrogens (primary N) is 1. The van der Waals surface area contributed by atoms with E-state index in [0.717, 1.165) is 15.7 Å². The Morgan fingerprint density at radius 1 is 1.39 bits per heavy atom. The SMILES string of the molecule is NC(Cc1ccc(Cl)c(F)c1)c1ncccc1Br. The highest BCUT2D eigenvalue weighted by Crippen LogP contribution is 2.23. The molecule has 2 N–H and O–H groups in total. The summed E-state index contributed by atoms with van der Waals surface area (Å²) in [6, 6.07) is 8.11. The van der Waals surface area contributed by atoms with E-state index in [4.69, 9.17) is 17.3 Å². The van der Waals surface area contributed by atoms with Crippen molar-refractivity contribution < 1.29 is 4.39 Å². The number of hydrogen-bond donors (Lipinski definition) is 1. The molecule has 0 fully saturated rings. The van der Waals surface area contributed by atoms with Crippen LogP contribution < -0.4 is 5.73 Å². The van der Waals surface area contributed by atoms with Crippen molar-refractivity contribution in [2.45, 2.75) is 12.5 Å². The van der Waals surface area contributed by atoms with Crippen molar-refractivity contribution in [3.05, 3.63) is 63.1 Å². The van der Waals surface area contributed by atoms with Crippen LogP contribution >= 0.6 is 27.5 Å². The topological polar surface area (TPSA) is 38.9 Å². The van der Waals surface area contributed by atoms with E-state index < -0.39 is 5.82 Å². The van der Waals surface area contributed by atoms with Crippen LogP contribution in [0.5, 0.6) is 0 Å². The molecule has 0 aliphatic heterocycles. The van der Waals surface area contributed by atoms with Crippen LogP contribution in [-0.4, -0.2) is 4.98 Å². The Kier molecular flexibility index (Phi) is 4.32. The number of rotatable bonds is 3. The molecular weight excluding hydrogens is 319 g/mol. The van der Waals surface area contributed by atoms with Crippen molar-refractivity contribution in [1.29, 1.82) is 0 Å². The Labute approximate surface area is 118 Å². The van der Waals surface area contributed by atoms with Crippen LogP contribution in [0.1, 0.15) is 17.3 Å². The Morgan fingerprint density at radius 3 is 2.83 bits per heavy atom. The minimum absolute atomic E-state index is 0.117. The van der Waals surface area contributed by atoms with Crippen molar-refractivity contribution in [1.82, 2.24) is 4.98 Å². The van der Waals surface area contributed by atoms with Crippen molar-refractivity contribution >= 4 is 27.5 Å². The molecule has 18 heavy (non-hydrogen) atoms. The van der Waals surface area contributed by atoms with E-state index in [0.29, 0.717) is 6.42 Å². The molecule has 0 spiro atoms. The highest BCUT2D eigenvalue weighted by Gasteiger charge is 2.12. The van der Waals surface area contributed by atoms with Gasteiger partial charge in [0.25, 0.3) is 0 Å². The highest BCUT2D eigenvalue weighted by molar-refractivity contribution is 9.10. The predicted octanol–water partition coefficient (Wildman–Crippen LogP) is 3.88. The van der Waals surface area contributed by atoms with E-state index >= 15 is 0 Å². The number of nitrogens with zero attached hydrogens (tertiary/aromatic N) is 1. The smallest absolute Gasteiger partial charge is 0.142 e. The summed E-state index contributed by atoms with van der Waals surface area (Å²) in [5.41, 5.74) is 7.62. The second-order valence-electron chi connectivity index (χ2n) is 3.93. The van der Waals surface area contributed by atoms with Gasteiger partial charge in [-0.2, -0.15) is 0 Å². The molecule has 2 rings (SSSR count). The summed E-state index contributed by atoms with van der Waals surface area (Å²) >= 11 is 9.03. The Bertz CT molecular complexity index is 562. The molecule has 94 valence electrons. The summed E-state index contributed by atoms with van der Waals surface area (Å²) in [5, 5.41) is 0.117. The van der Waals surface area contributed by atoms with Gasteiger partial charge in [-0.25, -0.2) is 4.39 Å². The molecule has 5 heteroatoms. The van der Waals surface area contributed by atoms with Gasteiger partial charge in [-0.3, -0.25) is 4.98 Å². The second-order valence-corrected chi connectivity index (χ2v) is 5.19. The van der Waals surface area contributed by atoms with Gasteiger partial charge in [0.1, 0.15) is 5.82 Å². The number of pyridine rings is 1. The second kappa shape index (κ2) is 5.78. The lowest BCUT2D eigenvalue weighted by Crippen LogP contribution is -2.15. The van der Waals surface area contributed by atoms with Crippen LogP contribution in [-0.2, 0) is 6.42 Å². The summed E-state index contributed by atoms with van der Waals surface area (Å²) in [7, 11) is 0. The van der Waals surface area contributed by atoms with Gasteiger partial charge in [-0.05, 0) is 52.2 Å². The van der Waals surface area contributed by atoms with Gasteiger partial charge in [0.05, 0.1) is 16.8 Å². The first-order valence-corrected chi connectivity index (χ1v) is 6.55.